The van der Waals surface area contributed by atoms with Gasteiger partial charge >= 0.3 is 0 Å². The van der Waals surface area contributed by atoms with Gasteiger partial charge in [-0.25, -0.2) is 0 Å². The van der Waals surface area contributed by atoms with Crippen LogP contribution in [0.25, 0.3) is 66.1 Å². The maximum Gasteiger partial charge on any atom is 0.0468 e. The van der Waals surface area contributed by atoms with Crippen LogP contribution in [-0.2, 0) is 0 Å². The molecule has 1 nitrogen and oxygen atoms in total. The zero-order valence-electron chi connectivity index (χ0n) is 24.7. The molecule has 0 aromatic heterocycles. The lowest BCUT2D eigenvalue weighted by Crippen LogP contribution is -2.09. The van der Waals surface area contributed by atoms with E-state index in [4.69, 9.17) is 0 Å². The molecule has 210 valence electrons. The molecule has 0 N–H and O–H groups in total. The van der Waals surface area contributed by atoms with Crippen molar-refractivity contribution in [1.29, 1.82) is 0 Å². The van der Waals surface area contributed by atoms with Gasteiger partial charge in [-0.3, -0.25) is 0 Å². The van der Waals surface area contributed by atoms with Crippen LogP contribution in [0.1, 0.15) is 0 Å². The second kappa shape index (κ2) is 10.4. The minimum Gasteiger partial charge on any atom is -0.310 e. The second-order valence-corrected chi connectivity index (χ2v) is 11.8. The van der Waals surface area contributed by atoms with Gasteiger partial charge in [0.25, 0.3) is 0 Å². The molecule has 0 fully saturated rings. The van der Waals surface area contributed by atoms with Crippen LogP contribution >= 0.6 is 0 Å². The number of hydrogen-bond acceptors (Lipinski definition) is 1. The van der Waals surface area contributed by atoms with E-state index in [0.717, 1.165) is 17.1 Å². The Hall–Kier alpha value is -5.92. The van der Waals surface area contributed by atoms with E-state index < -0.39 is 0 Å². The molecule has 0 radical (unpaired) electrons. The summed E-state index contributed by atoms with van der Waals surface area (Å²) in [4.78, 5) is 2.35. The normalized spacial score (nSPS) is 11.6. The molecule has 9 rings (SSSR count). The predicted molar refractivity (Wildman–Crippen MR) is 191 cm³/mol. The third kappa shape index (κ3) is 4.41. The third-order valence-electron chi connectivity index (χ3n) is 9.13. The summed E-state index contributed by atoms with van der Waals surface area (Å²) < 4.78 is 0. The van der Waals surface area contributed by atoms with Crippen LogP contribution in [0.15, 0.2) is 176 Å². The van der Waals surface area contributed by atoms with Gasteiger partial charge in [0.2, 0.25) is 0 Å². The molecule has 45 heavy (non-hydrogen) atoms. The van der Waals surface area contributed by atoms with Crippen LogP contribution < -0.4 is 4.90 Å². The maximum atomic E-state index is 2.38. The van der Waals surface area contributed by atoms with Gasteiger partial charge in [0.15, 0.2) is 0 Å². The molecule has 0 atom stereocenters. The van der Waals surface area contributed by atoms with Gasteiger partial charge in [-0.05, 0) is 133 Å². The van der Waals surface area contributed by atoms with Crippen molar-refractivity contribution in [2.24, 2.45) is 0 Å². The molecule has 0 aliphatic heterocycles. The van der Waals surface area contributed by atoms with Gasteiger partial charge < -0.3 is 4.90 Å². The summed E-state index contributed by atoms with van der Waals surface area (Å²) in [5.74, 6) is 0. The number of benzene rings is 8. The van der Waals surface area contributed by atoms with E-state index in [0.29, 0.717) is 0 Å². The van der Waals surface area contributed by atoms with E-state index in [1.54, 1.807) is 0 Å². The Bertz CT molecular complexity index is 2340. The fourth-order valence-corrected chi connectivity index (χ4v) is 6.82. The van der Waals surface area contributed by atoms with Crippen LogP contribution in [0.4, 0.5) is 17.1 Å². The summed E-state index contributed by atoms with van der Waals surface area (Å²) in [7, 11) is 0. The van der Waals surface area contributed by atoms with Crippen LogP contribution in [0.2, 0.25) is 0 Å². The lowest BCUT2D eigenvalue weighted by Gasteiger charge is -2.28. The number of para-hydroxylation sites is 1. The average Bonchev–Trinajstić information content (AvgIpc) is 3.11. The number of anilines is 3. The molecule has 1 aliphatic carbocycles. The first kappa shape index (κ1) is 25.6. The number of nitrogens with zero attached hydrogens (tertiary/aromatic N) is 1. The van der Waals surface area contributed by atoms with E-state index >= 15 is 0 Å². The molecule has 0 amide bonds. The van der Waals surface area contributed by atoms with Gasteiger partial charge in [-0.2, -0.15) is 0 Å². The summed E-state index contributed by atoms with van der Waals surface area (Å²) >= 11 is 0. The van der Waals surface area contributed by atoms with Gasteiger partial charge in [0, 0.05) is 17.1 Å². The van der Waals surface area contributed by atoms with Crippen molar-refractivity contribution >= 4 is 38.6 Å². The Morgan fingerprint density at radius 1 is 0.244 bits per heavy atom. The summed E-state index contributed by atoms with van der Waals surface area (Å²) in [5, 5.41) is 5.07. The highest BCUT2D eigenvalue weighted by Crippen LogP contribution is 2.51. The molecule has 0 saturated heterocycles. The summed E-state index contributed by atoms with van der Waals surface area (Å²) in [5.41, 5.74) is 13.7. The number of fused-ring (bicyclic) bond motifs is 6. The van der Waals surface area contributed by atoms with Crippen molar-refractivity contribution in [3.05, 3.63) is 176 Å². The summed E-state index contributed by atoms with van der Waals surface area (Å²) in [6.07, 6.45) is 0. The van der Waals surface area contributed by atoms with Crippen molar-refractivity contribution in [3.63, 3.8) is 0 Å². The fraction of sp³-hybridized carbons (Fsp3) is 0. The number of rotatable bonds is 5. The molecular formula is C44H29N. The lowest BCUT2D eigenvalue weighted by molar-refractivity contribution is 1.29. The van der Waals surface area contributed by atoms with E-state index in [9.17, 15) is 0 Å². The van der Waals surface area contributed by atoms with Gasteiger partial charge in [-0.1, -0.05) is 109 Å². The zero-order valence-corrected chi connectivity index (χ0v) is 24.7. The molecule has 8 aromatic carbocycles. The lowest BCUT2D eigenvalue weighted by atomic mass is 9.77. The molecule has 0 saturated carbocycles. The van der Waals surface area contributed by atoms with E-state index in [1.807, 2.05) is 0 Å². The highest BCUT2D eigenvalue weighted by atomic mass is 15.1. The molecule has 0 heterocycles. The van der Waals surface area contributed by atoms with Gasteiger partial charge in [0.1, 0.15) is 0 Å². The first-order valence-electron chi connectivity index (χ1n) is 15.5. The molecule has 8 aromatic rings. The van der Waals surface area contributed by atoms with Crippen molar-refractivity contribution < 1.29 is 0 Å². The summed E-state index contributed by atoms with van der Waals surface area (Å²) in [6.45, 7) is 0. The van der Waals surface area contributed by atoms with Crippen LogP contribution in [0.3, 0.4) is 0 Å². The number of hydrogen-bond donors (Lipinski definition) is 0. The minimum absolute atomic E-state index is 1.13. The maximum absolute atomic E-state index is 2.38. The molecule has 1 aliphatic rings. The van der Waals surface area contributed by atoms with Crippen molar-refractivity contribution in [1.82, 2.24) is 0 Å². The van der Waals surface area contributed by atoms with Crippen molar-refractivity contribution in [2.75, 3.05) is 4.90 Å². The average molecular weight is 572 g/mol. The monoisotopic (exact) mass is 571 g/mol. The quantitative estimate of drug-likeness (QED) is 0.199. The van der Waals surface area contributed by atoms with Crippen LogP contribution in [-0.4, -0.2) is 0 Å². The predicted octanol–water partition coefficient (Wildman–Crippen LogP) is 12.4. The molecule has 0 spiro atoms. The Morgan fingerprint density at radius 2 is 0.644 bits per heavy atom. The third-order valence-corrected chi connectivity index (χ3v) is 9.13. The molecule has 0 bridgehead atoms. The van der Waals surface area contributed by atoms with Crippen molar-refractivity contribution in [2.45, 2.75) is 0 Å². The SMILES string of the molecule is c1ccc(-c2ccc(N(c3ccccc3)c3ccc4cc5c(cc4c3)-c3cc4cc(-c6ccccc6)ccc4cc3-5)cc2)cc1. The van der Waals surface area contributed by atoms with Crippen molar-refractivity contribution in [3.8, 4) is 44.5 Å². The molecule has 1 heteroatoms. The topological polar surface area (TPSA) is 3.24 Å². The largest absolute Gasteiger partial charge is 0.310 e. The Morgan fingerprint density at radius 3 is 1.24 bits per heavy atom. The second-order valence-electron chi connectivity index (χ2n) is 11.8. The molecule has 0 unspecified atom stereocenters. The van der Waals surface area contributed by atoms with Crippen LogP contribution in [0.5, 0.6) is 0 Å². The molecular weight excluding hydrogens is 542 g/mol. The zero-order chi connectivity index (χ0) is 29.7. The van der Waals surface area contributed by atoms with E-state index in [2.05, 4.69) is 181 Å². The van der Waals surface area contributed by atoms with E-state index in [-0.39, 0.29) is 0 Å². The Labute approximate surface area is 263 Å². The summed E-state index contributed by atoms with van der Waals surface area (Å²) in [6, 6.07) is 63.9. The first-order valence-corrected chi connectivity index (χ1v) is 15.5. The van der Waals surface area contributed by atoms with E-state index in [1.165, 1.54) is 66.1 Å². The smallest absolute Gasteiger partial charge is 0.0468 e. The minimum atomic E-state index is 1.13. The Balaban J connectivity index is 1.12. The fourth-order valence-electron chi connectivity index (χ4n) is 6.82. The standard InChI is InChI=1S/C44H29N/c1-4-10-30(11-5-1)32-18-21-39(22-19-32)45(38-14-8-3-9-15-38)40-23-20-35-27-42-41-26-34-17-16-33(31-12-6-2-7-13-31)24-36(34)28-43(41)44(42)29-37(35)25-40/h1-29H. The first-order chi connectivity index (χ1) is 22.3. The highest BCUT2D eigenvalue weighted by Gasteiger charge is 2.24. The van der Waals surface area contributed by atoms with Crippen LogP contribution in [0, 0.1) is 0 Å². The Kier molecular flexibility index (Phi) is 5.89. The highest BCUT2D eigenvalue weighted by molar-refractivity contribution is 6.12. The van der Waals surface area contributed by atoms with Gasteiger partial charge in [0.05, 0.1) is 0 Å². The van der Waals surface area contributed by atoms with Gasteiger partial charge in [-0.15, -0.1) is 0 Å².